The first-order valence-corrected chi connectivity index (χ1v) is 8.03. The van der Waals surface area contributed by atoms with Crippen molar-refractivity contribution < 1.29 is 14.3 Å². The molecule has 1 aromatic carbocycles. The van der Waals surface area contributed by atoms with Crippen molar-refractivity contribution in [2.24, 2.45) is 0 Å². The van der Waals surface area contributed by atoms with Crippen LogP contribution in [0.4, 0.5) is 0 Å². The van der Waals surface area contributed by atoms with Crippen molar-refractivity contribution >= 4 is 33.2 Å². The molecule has 0 bridgehead atoms. The zero-order valence-corrected chi connectivity index (χ0v) is 13.4. The Morgan fingerprint density at radius 2 is 2.18 bits per heavy atom. The van der Waals surface area contributed by atoms with Gasteiger partial charge in [0.1, 0.15) is 0 Å². The maximum absolute atomic E-state index is 12.7. The molecule has 2 heterocycles. The number of rotatable bonds is 2. The molecule has 116 valence electrons. The van der Waals surface area contributed by atoms with Crippen LogP contribution in [0, 0.1) is 6.92 Å². The summed E-state index contributed by atoms with van der Waals surface area (Å²) >= 11 is 1.49. The van der Waals surface area contributed by atoms with Gasteiger partial charge in [-0.05, 0) is 24.4 Å². The molecule has 1 aromatic heterocycles. The maximum Gasteiger partial charge on any atom is 0.264 e. The number of likely N-dealkylation sites (N-methyl/N-ethyl adjacent to an activating group) is 1. The summed E-state index contributed by atoms with van der Waals surface area (Å²) in [6.07, 6.45) is -0.584. The van der Waals surface area contributed by atoms with Crippen LogP contribution in [-0.4, -0.2) is 49.6 Å². The molecular formula is C16H18N2O3S. The van der Waals surface area contributed by atoms with Crippen molar-refractivity contribution in [1.29, 1.82) is 0 Å². The van der Waals surface area contributed by atoms with Crippen LogP contribution in [0.2, 0.25) is 0 Å². The second-order valence-electron chi connectivity index (χ2n) is 5.38. The molecule has 5 nitrogen and oxygen atoms in total. The zero-order valence-electron chi connectivity index (χ0n) is 12.6. The van der Waals surface area contributed by atoms with Gasteiger partial charge in [0.2, 0.25) is 0 Å². The number of nitrogens with one attached hydrogen (secondary N) is 1. The Labute approximate surface area is 132 Å². The summed E-state index contributed by atoms with van der Waals surface area (Å²) in [5.41, 5.74) is 1.18. The summed E-state index contributed by atoms with van der Waals surface area (Å²) < 4.78 is 6.52. The quantitative estimate of drug-likeness (QED) is 0.918. The van der Waals surface area contributed by atoms with Crippen LogP contribution in [0.5, 0.6) is 0 Å². The fraction of sp³-hybridized carbons (Fsp3) is 0.375. The standard InChI is InChI=1S/C16H18N2O3S/c1-10-3-4-13-11(7-10)8-14(22-13)16(20)18-5-6-21-12(9-18)15(19)17-2/h3-4,7-8,12H,5-6,9H2,1-2H3,(H,17,19). The molecule has 22 heavy (non-hydrogen) atoms. The number of morpholine rings is 1. The molecule has 1 atom stereocenters. The summed E-state index contributed by atoms with van der Waals surface area (Å²) in [5, 5.41) is 3.65. The smallest absolute Gasteiger partial charge is 0.264 e. The van der Waals surface area contributed by atoms with Crippen LogP contribution >= 0.6 is 11.3 Å². The minimum absolute atomic E-state index is 0.0314. The Morgan fingerprint density at radius 1 is 1.36 bits per heavy atom. The molecule has 2 amide bonds. The Morgan fingerprint density at radius 3 is 2.95 bits per heavy atom. The predicted octanol–water partition coefficient (Wildman–Crippen LogP) is 1.80. The summed E-state index contributed by atoms with van der Waals surface area (Å²) in [6, 6.07) is 8.09. The van der Waals surface area contributed by atoms with E-state index in [1.54, 1.807) is 11.9 Å². The maximum atomic E-state index is 12.7. The average Bonchev–Trinajstić information content (AvgIpc) is 2.96. The lowest BCUT2D eigenvalue weighted by molar-refractivity contribution is -0.136. The Bertz CT molecular complexity index is 725. The van der Waals surface area contributed by atoms with Gasteiger partial charge in [-0.3, -0.25) is 9.59 Å². The van der Waals surface area contributed by atoms with Crippen molar-refractivity contribution in [3.63, 3.8) is 0 Å². The van der Waals surface area contributed by atoms with E-state index in [1.807, 2.05) is 25.1 Å². The Hall–Kier alpha value is -1.92. The van der Waals surface area contributed by atoms with E-state index in [2.05, 4.69) is 11.4 Å². The lowest BCUT2D eigenvalue weighted by Crippen LogP contribution is -2.50. The number of nitrogens with zero attached hydrogens (tertiary/aromatic N) is 1. The lowest BCUT2D eigenvalue weighted by Gasteiger charge is -2.31. The second kappa shape index (κ2) is 6.06. The van der Waals surface area contributed by atoms with Gasteiger partial charge in [0.15, 0.2) is 6.10 Å². The van der Waals surface area contributed by atoms with E-state index in [0.29, 0.717) is 24.6 Å². The molecule has 1 saturated heterocycles. The minimum atomic E-state index is -0.584. The third-order valence-electron chi connectivity index (χ3n) is 3.78. The van der Waals surface area contributed by atoms with E-state index in [-0.39, 0.29) is 11.8 Å². The third kappa shape index (κ3) is 2.84. The molecule has 0 radical (unpaired) electrons. The topological polar surface area (TPSA) is 58.6 Å². The van der Waals surface area contributed by atoms with E-state index in [1.165, 1.54) is 16.9 Å². The number of fused-ring (bicyclic) bond motifs is 1. The molecular weight excluding hydrogens is 300 g/mol. The van der Waals surface area contributed by atoms with Gasteiger partial charge in [-0.15, -0.1) is 11.3 Å². The normalized spacial score (nSPS) is 18.5. The van der Waals surface area contributed by atoms with Crippen molar-refractivity contribution in [2.75, 3.05) is 26.7 Å². The van der Waals surface area contributed by atoms with Crippen molar-refractivity contribution in [3.05, 3.63) is 34.7 Å². The first-order valence-electron chi connectivity index (χ1n) is 7.21. The summed E-state index contributed by atoms with van der Waals surface area (Å²) in [7, 11) is 1.57. The fourth-order valence-electron chi connectivity index (χ4n) is 2.58. The lowest BCUT2D eigenvalue weighted by atomic mass is 10.2. The monoisotopic (exact) mass is 318 g/mol. The molecule has 2 aromatic rings. The second-order valence-corrected chi connectivity index (χ2v) is 6.46. The van der Waals surface area contributed by atoms with Crippen molar-refractivity contribution in [3.8, 4) is 0 Å². The van der Waals surface area contributed by atoms with Crippen LogP contribution in [0.15, 0.2) is 24.3 Å². The number of carbonyl (C=O) groups excluding carboxylic acids is 2. The first kappa shape index (κ1) is 15.0. The zero-order chi connectivity index (χ0) is 15.7. The molecule has 3 rings (SSSR count). The van der Waals surface area contributed by atoms with E-state index >= 15 is 0 Å². The highest BCUT2D eigenvalue weighted by Gasteiger charge is 2.29. The summed E-state index contributed by atoms with van der Waals surface area (Å²) in [4.78, 5) is 26.7. The van der Waals surface area contributed by atoms with E-state index in [9.17, 15) is 9.59 Å². The number of hydrogen-bond donors (Lipinski definition) is 1. The molecule has 1 fully saturated rings. The molecule has 1 aliphatic rings. The molecule has 1 N–H and O–H groups in total. The summed E-state index contributed by atoms with van der Waals surface area (Å²) in [5.74, 6) is -0.222. The van der Waals surface area contributed by atoms with Crippen molar-refractivity contribution in [2.45, 2.75) is 13.0 Å². The van der Waals surface area contributed by atoms with Gasteiger partial charge in [0.25, 0.3) is 11.8 Å². The number of thiophene rings is 1. The SMILES string of the molecule is CNC(=O)C1CN(C(=O)c2cc3cc(C)ccc3s2)CCO1. The van der Waals surface area contributed by atoms with Gasteiger partial charge in [-0.1, -0.05) is 17.7 Å². The molecule has 1 aliphatic heterocycles. The van der Waals surface area contributed by atoms with E-state index in [4.69, 9.17) is 4.74 Å². The van der Waals surface area contributed by atoms with Gasteiger partial charge < -0.3 is 15.0 Å². The van der Waals surface area contributed by atoms with Gasteiger partial charge in [0.05, 0.1) is 18.0 Å². The van der Waals surface area contributed by atoms with Crippen LogP contribution < -0.4 is 5.32 Å². The van der Waals surface area contributed by atoms with Gasteiger partial charge in [-0.2, -0.15) is 0 Å². The molecule has 6 heteroatoms. The number of aryl methyl sites for hydroxylation is 1. The molecule has 0 saturated carbocycles. The molecule has 0 aliphatic carbocycles. The van der Waals surface area contributed by atoms with Crippen LogP contribution in [0.1, 0.15) is 15.2 Å². The number of hydrogen-bond acceptors (Lipinski definition) is 4. The summed E-state index contributed by atoms with van der Waals surface area (Å²) in [6.45, 7) is 3.23. The van der Waals surface area contributed by atoms with Gasteiger partial charge in [0, 0.05) is 18.3 Å². The van der Waals surface area contributed by atoms with Crippen LogP contribution in [0.25, 0.3) is 10.1 Å². The number of carbonyl (C=O) groups is 2. The molecule has 1 unspecified atom stereocenters. The Balaban J connectivity index is 1.81. The van der Waals surface area contributed by atoms with Crippen LogP contribution in [0.3, 0.4) is 0 Å². The van der Waals surface area contributed by atoms with Gasteiger partial charge in [-0.25, -0.2) is 0 Å². The van der Waals surface area contributed by atoms with Crippen LogP contribution in [-0.2, 0) is 9.53 Å². The predicted molar refractivity (Wildman–Crippen MR) is 86.3 cm³/mol. The largest absolute Gasteiger partial charge is 0.365 e. The fourth-order valence-corrected chi connectivity index (χ4v) is 3.59. The first-order chi connectivity index (χ1) is 10.6. The third-order valence-corrected chi connectivity index (χ3v) is 4.88. The highest BCUT2D eigenvalue weighted by molar-refractivity contribution is 7.20. The number of amides is 2. The minimum Gasteiger partial charge on any atom is -0.365 e. The number of benzene rings is 1. The Kier molecular flexibility index (Phi) is 4.13. The van der Waals surface area contributed by atoms with Gasteiger partial charge >= 0.3 is 0 Å². The van der Waals surface area contributed by atoms with E-state index in [0.717, 1.165) is 10.1 Å². The average molecular weight is 318 g/mol. The van der Waals surface area contributed by atoms with Crippen molar-refractivity contribution in [1.82, 2.24) is 10.2 Å². The molecule has 0 spiro atoms. The highest BCUT2D eigenvalue weighted by Crippen LogP contribution is 2.27. The van der Waals surface area contributed by atoms with E-state index < -0.39 is 6.10 Å². The number of ether oxygens (including phenoxy) is 1. The highest BCUT2D eigenvalue weighted by atomic mass is 32.1.